The number of aryl methyl sites for hydroxylation is 2. The summed E-state index contributed by atoms with van der Waals surface area (Å²) in [5.41, 5.74) is 11.1. The number of nitrogens with two attached hydrogens (primary N) is 1. The zero-order chi connectivity index (χ0) is 12.4. The Labute approximate surface area is 110 Å². The van der Waals surface area contributed by atoms with Crippen LogP contribution in [0.15, 0.2) is 40.9 Å². The molecule has 0 saturated carbocycles. The third-order valence-electron chi connectivity index (χ3n) is 2.49. The van der Waals surface area contributed by atoms with Crippen LogP contribution in [-0.4, -0.2) is 0 Å². The van der Waals surface area contributed by atoms with Crippen molar-refractivity contribution in [3.63, 3.8) is 0 Å². The molecule has 0 saturated heterocycles. The summed E-state index contributed by atoms with van der Waals surface area (Å²) in [5, 5.41) is 3.38. The fourth-order valence-corrected chi connectivity index (χ4v) is 2.33. The van der Waals surface area contributed by atoms with Crippen LogP contribution in [0.25, 0.3) is 0 Å². The van der Waals surface area contributed by atoms with E-state index in [9.17, 15) is 0 Å². The minimum absolute atomic E-state index is 0.753. The molecule has 0 spiro atoms. The normalized spacial score (nSPS) is 10.3. The average molecular weight is 291 g/mol. The lowest BCUT2D eigenvalue weighted by atomic mass is 10.1. The van der Waals surface area contributed by atoms with Gasteiger partial charge >= 0.3 is 0 Å². The molecule has 3 N–H and O–H groups in total. The van der Waals surface area contributed by atoms with Crippen molar-refractivity contribution < 1.29 is 0 Å². The molecular formula is C14H15BrN2. The largest absolute Gasteiger partial charge is 0.399 e. The van der Waals surface area contributed by atoms with Gasteiger partial charge in [-0.3, -0.25) is 0 Å². The first-order valence-corrected chi connectivity index (χ1v) is 6.24. The highest BCUT2D eigenvalue weighted by molar-refractivity contribution is 9.10. The summed E-state index contributed by atoms with van der Waals surface area (Å²) in [6.07, 6.45) is 0. The van der Waals surface area contributed by atoms with Gasteiger partial charge in [-0.25, -0.2) is 0 Å². The molecular weight excluding hydrogens is 276 g/mol. The molecule has 88 valence electrons. The van der Waals surface area contributed by atoms with E-state index in [4.69, 9.17) is 5.73 Å². The second kappa shape index (κ2) is 4.80. The van der Waals surface area contributed by atoms with Crippen LogP contribution in [0.3, 0.4) is 0 Å². The third-order valence-corrected chi connectivity index (χ3v) is 3.15. The maximum Gasteiger partial charge on any atom is 0.0530 e. The van der Waals surface area contributed by atoms with Gasteiger partial charge in [-0.05, 0) is 71.2 Å². The van der Waals surface area contributed by atoms with Gasteiger partial charge < -0.3 is 11.1 Å². The minimum Gasteiger partial charge on any atom is -0.399 e. The molecule has 0 fully saturated rings. The van der Waals surface area contributed by atoms with Crippen molar-refractivity contribution in [2.75, 3.05) is 11.1 Å². The number of rotatable bonds is 2. The standard InChI is InChI=1S/C14H15BrN2/c1-9-5-10(2)7-12(6-9)17-14-4-3-11(16)8-13(14)15/h3-8,17H,16H2,1-2H3. The fourth-order valence-electron chi connectivity index (χ4n) is 1.84. The van der Waals surface area contributed by atoms with E-state index in [0.29, 0.717) is 0 Å². The smallest absolute Gasteiger partial charge is 0.0530 e. The number of nitrogens with one attached hydrogen (secondary N) is 1. The zero-order valence-corrected chi connectivity index (χ0v) is 11.5. The molecule has 0 aliphatic carbocycles. The monoisotopic (exact) mass is 290 g/mol. The highest BCUT2D eigenvalue weighted by Crippen LogP contribution is 2.28. The van der Waals surface area contributed by atoms with E-state index in [2.05, 4.69) is 53.3 Å². The van der Waals surface area contributed by atoms with Crippen LogP contribution in [0.4, 0.5) is 17.1 Å². The van der Waals surface area contributed by atoms with E-state index in [1.54, 1.807) is 0 Å². The molecule has 2 rings (SSSR count). The van der Waals surface area contributed by atoms with Crippen molar-refractivity contribution in [2.45, 2.75) is 13.8 Å². The van der Waals surface area contributed by atoms with Crippen molar-refractivity contribution in [2.24, 2.45) is 0 Å². The lowest BCUT2D eigenvalue weighted by molar-refractivity contribution is 1.37. The predicted octanol–water partition coefficient (Wildman–Crippen LogP) is 4.39. The van der Waals surface area contributed by atoms with E-state index >= 15 is 0 Å². The Bertz CT molecular complexity index is 530. The number of halogens is 1. The first-order chi connectivity index (χ1) is 8.04. The first-order valence-electron chi connectivity index (χ1n) is 5.45. The van der Waals surface area contributed by atoms with Gasteiger partial charge in [0.2, 0.25) is 0 Å². The highest BCUT2D eigenvalue weighted by atomic mass is 79.9. The first kappa shape index (κ1) is 12.0. The fraction of sp³-hybridized carbons (Fsp3) is 0.143. The van der Waals surface area contributed by atoms with Crippen LogP contribution in [0.2, 0.25) is 0 Å². The van der Waals surface area contributed by atoms with Crippen molar-refractivity contribution in [3.05, 3.63) is 52.0 Å². The number of anilines is 3. The highest BCUT2D eigenvalue weighted by Gasteiger charge is 2.01. The van der Waals surface area contributed by atoms with Gasteiger partial charge in [-0.2, -0.15) is 0 Å². The Hall–Kier alpha value is -1.48. The zero-order valence-electron chi connectivity index (χ0n) is 9.92. The summed E-state index contributed by atoms with van der Waals surface area (Å²) in [7, 11) is 0. The van der Waals surface area contributed by atoms with Crippen LogP contribution in [0.1, 0.15) is 11.1 Å². The molecule has 17 heavy (non-hydrogen) atoms. The number of hydrogen-bond acceptors (Lipinski definition) is 2. The summed E-state index contributed by atoms with van der Waals surface area (Å²) < 4.78 is 0.969. The number of benzene rings is 2. The summed E-state index contributed by atoms with van der Waals surface area (Å²) in [5.74, 6) is 0. The summed E-state index contributed by atoms with van der Waals surface area (Å²) in [6, 6.07) is 12.1. The van der Waals surface area contributed by atoms with Crippen LogP contribution < -0.4 is 11.1 Å². The molecule has 2 aromatic carbocycles. The minimum atomic E-state index is 0.753. The average Bonchev–Trinajstić information content (AvgIpc) is 2.21. The van der Waals surface area contributed by atoms with E-state index < -0.39 is 0 Å². The Balaban J connectivity index is 2.31. The van der Waals surface area contributed by atoms with Crippen molar-refractivity contribution in [1.82, 2.24) is 0 Å². The molecule has 0 bridgehead atoms. The van der Waals surface area contributed by atoms with Gasteiger partial charge in [0.05, 0.1) is 5.69 Å². The SMILES string of the molecule is Cc1cc(C)cc(Nc2ccc(N)cc2Br)c1. The third kappa shape index (κ3) is 3.01. The molecule has 0 aliphatic rings. The van der Waals surface area contributed by atoms with Crippen molar-refractivity contribution in [1.29, 1.82) is 0 Å². The summed E-state index contributed by atoms with van der Waals surface area (Å²) in [4.78, 5) is 0. The second-order valence-electron chi connectivity index (χ2n) is 4.24. The predicted molar refractivity (Wildman–Crippen MR) is 77.8 cm³/mol. The molecule has 0 aromatic heterocycles. The van der Waals surface area contributed by atoms with Gasteiger partial charge in [0, 0.05) is 15.8 Å². The lowest BCUT2D eigenvalue weighted by Crippen LogP contribution is -1.94. The van der Waals surface area contributed by atoms with E-state index in [1.165, 1.54) is 11.1 Å². The van der Waals surface area contributed by atoms with E-state index in [0.717, 1.165) is 21.5 Å². The lowest BCUT2D eigenvalue weighted by Gasteiger charge is -2.10. The Morgan fingerprint density at radius 1 is 1.00 bits per heavy atom. The Morgan fingerprint density at radius 2 is 1.65 bits per heavy atom. The van der Waals surface area contributed by atoms with Crippen molar-refractivity contribution in [3.8, 4) is 0 Å². The van der Waals surface area contributed by atoms with Crippen LogP contribution in [0.5, 0.6) is 0 Å². The quantitative estimate of drug-likeness (QED) is 0.805. The van der Waals surface area contributed by atoms with Gasteiger partial charge in [0.1, 0.15) is 0 Å². The molecule has 2 nitrogen and oxygen atoms in total. The van der Waals surface area contributed by atoms with Crippen LogP contribution >= 0.6 is 15.9 Å². The Kier molecular flexibility index (Phi) is 3.38. The van der Waals surface area contributed by atoms with E-state index in [-0.39, 0.29) is 0 Å². The number of hydrogen-bond donors (Lipinski definition) is 2. The van der Waals surface area contributed by atoms with E-state index in [1.807, 2.05) is 18.2 Å². The van der Waals surface area contributed by atoms with Gasteiger partial charge in [-0.15, -0.1) is 0 Å². The second-order valence-corrected chi connectivity index (χ2v) is 5.10. The van der Waals surface area contributed by atoms with Crippen LogP contribution in [0, 0.1) is 13.8 Å². The van der Waals surface area contributed by atoms with Crippen molar-refractivity contribution >= 4 is 33.0 Å². The van der Waals surface area contributed by atoms with Crippen LogP contribution in [-0.2, 0) is 0 Å². The number of nitrogen functional groups attached to an aromatic ring is 1. The van der Waals surface area contributed by atoms with Gasteiger partial charge in [0.25, 0.3) is 0 Å². The maximum absolute atomic E-state index is 5.71. The molecule has 0 heterocycles. The molecule has 3 heteroatoms. The van der Waals surface area contributed by atoms with Gasteiger partial charge in [-0.1, -0.05) is 6.07 Å². The molecule has 0 atom stereocenters. The topological polar surface area (TPSA) is 38.0 Å². The molecule has 0 radical (unpaired) electrons. The maximum atomic E-state index is 5.71. The summed E-state index contributed by atoms with van der Waals surface area (Å²) in [6.45, 7) is 4.19. The van der Waals surface area contributed by atoms with Gasteiger partial charge in [0.15, 0.2) is 0 Å². The molecule has 0 unspecified atom stereocenters. The summed E-state index contributed by atoms with van der Waals surface area (Å²) >= 11 is 3.50. The Morgan fingerprint density at radius 3 is 2.24 bits per heavy atom. The molecule has 0 amide bonds. The molecule has 2 aromatic rings. The molecule has 0 aliphatic heterocycles.